The number of carbonyl (C=O) groups is 2. The van der Waals surface area contributed by atoms with Gasteiger partial charge in [0.25, 0.3) is 0 Å². The van der Waals surface area contributed by atoms with Gasteiger partial charge in [-0.2, -0.15) is 0 Å². The average Bonchev–Trinajstić information content (AvgIpc) is 2.89. The molecule has 1 heterocycles. The Hall–Kier alpha value is -2.63. The molecule has 0 aliphatic rings. The number of carbonyl (C=O) groups excluding carboxylic acids is 1. The van der Waals surface area contributed by atoms with Crippen LogP contribution in [0.3, 0.4) is 0 Å². The standard InChI is InChI=1S/C17H21N3O3/c1-17(2,3)10-20(16(22)23)13-7-5-12(6-8-13)15(21)14-9-18-11-19(14)4/h5-9,11H,10H2,1-4H3,(H,22,23). The molecule has 0 radical (unpaired) electrons. The van der Waals surface area contributed by atoms with Gasteiger partial charge in [-0.3, -0.25) is 9.69 Å². The number of amides is 1. The second-order valence-electron chi connectivity index (χ2n) is 6.70. The molecule has 0 bridgehead atoms. The summed E-state index contributed by atoms with van der Waals surface area (Å²) in [7, 11) is 1.75. The van der Waals surface area contributed by atoms with Crippen LogP contribution in [0.2, 0.25) is 0 Å². The molecule has 0 saturated carbocycles. The summed E-state index contributed by atoms with van der Waals surface area (Å²) in [6.07, 6.45) is 2.07. The monoisotopic (exact) mass is 315 g/mol. The summed E-state index contributed by atoms with van der Waals surface area (Å²) < 4.78 is 1.65. The zero-order valence-electron chi connectivity index (χ0n) is 13.8. The highest BCUT2D eigenvalue weighted by molar-refractivity contribution is 6.08. The molecule has 6 nitrogen and oxygen atoms in total. The van der Waals surface area contributed by atoms with Crippen molar-refractivity contribution in [3.63, 3.8) is 0 Å². The fourth-order valence-electron chi connectivity index (χ4n) is 2.26. The largest absolute Gasteiger partial charge is 0.465 e. The van der Waals surface area contributed by atoms with Crippen molar-refractivity contribution in [1.82, 2.24) is 9.55 Å². The number of aryl methyl sites for hydroxylation is 1. The number of rotatable bonds is 4. The Morgan fingerprint density at radius 2 is 1.83 bits per heavy atom. The molecule has 122 valence electrons. The van der Waals surface area contributed by atoms with E-state index in [0.717, 1.165) is 0 Å². The molecule has 0 spiro atoms. The Morgan fingerprint density at radius 1 is 1.22 bits per heavy atom. The third kappa shape index (κ3) is 3.97. The fourth-order valence-corrected chi connectivity index (χ4v) is 2.26. The van der Waals surface area contributed by atoms with Gasteiger partial charge in [0.15, 0.2) is 0 Å². The van der Waals surface area contributed by atoms with Crippen LogP contribution in [-0.2, 0) is 7.05 Å². The lowest BCUT2D eigenvalue weighted by Gasteiger charge is -2.27. The third-order valence-electron chi connectivity index (χ3n) is 3.35. The van der Waals surface area contributed by atoms with Crippen molar-refractivity contribution in [1.29, 1.82) is 0 Å². The second kappa shape index (κ2) is 6.24. The summed E-state index contributed by atoms with van der Waals surface area (Å²) >= 11 is 0. The quantitative estimate of drug-likeness (QED) is 0.879. The number of ketones is 1. The van der Waals surface area contributed by atoms with Crippen LogP contribution in [0.1, 0.15) is 36.8 Å². The van der Waals surface area contributed by atoms with Crippen molar-refractivity contribution in [3.05, 3.63) is 48.0 Å². The van der Waals surface area contributed by atoms with E-state index in [9.17, 15) is 14.7 Å². The molecule has 6 heteroatoms. The lowest BCUT2D eigenvalue weighted by atomic mass is 9.96. The zero-order valence-corrected chi connectivity index (χ0v) is 13.8. The summed E-state index contributed by atoms with van der Waals surface area (Å²) in [5.41, 5.74) is 1.37. The molecule has 0 aliphatic carbocycles. The summed E-state index contributed by atoms with van der Waals surface area (Å²) in [4.78, 5) is 29.1. The van der Waals surface area contributed by atoms with Crippen LogP contribution in [0.15, 0.2) is 36.8 Å². The molecule has 1 aromatic heterocycles. The van der Waals surface area contributed by atoms with E-state index in [0.29, 0.717) is 23.5 Å². The number of benzene rings is 1. The molecule has 1 N–H and O–H groups in total. The van der Waals surface area contributed by atoms with Crippen molar-refractivity contribution in [2.75, 3.05) is 11.4 Å². The highest BCUT2D eigenvalue weighted by atomic mass is 16.4. The highest BCUT2D eigenvalue weighted by Gasteiger charge is 2.22. The van der Waals surface area contributed by atoms with E-state index in [1.807, 2.05) is 20.8 Å². The van der Waals surface area contributed by atoms with Gasteiger partial charge < -0.3 is 9.67 Å². The minimum atomic E-state index is -1.01. The SMILES string of the molecule is Cn1cncc1C(=O)c1ccc(N(CC(C)(C)C)C(=O)O)cc1. The zero-order chi connectivity index (χ0) is 17.2. The van der Waals surface area contributed by atoms with E-state index in [1.165, 1.54) is 11.1 Å². The molecule has 1 aromatic carbocycles. The lowest BCUT2D eigenvalue weighted by molar-refractivity contribution is 0.103. The third-order valence-corrected chi connectivity index (χ3v) is 3.35. The van der Waals surface area contributed by atoms with Gasteiger partial charge in [0.05, 0.1) is 12.5 Å². The van der Waals surface area contributed by atoms with Gasteiger partial charge in [-0.25, -0.2) is 9.78 Å². The Labute approximate surface area is 135 Å². The van der Waals surface area contributed by atoms with Gasteiger partial charge in [-0.05, 0) is 29.7 Å². The van der Waals surface area contributed by atoms with Crippen molar-refractivity contribution in [2.24, 2.45) is 12.5 Å². The number of imidazole rings is 1. The maximum absolute atomic E-state index is 12.4. The summed E-state index contributed by atoms with van der Waals surface area (Å²) in [6.45, 7) is 6.30. The highest BCUT2D eigenvalue weighted by Crippen LogP contribution is 2.23. The van der Waals surface area contributed by atoms with E-state index in [2.05, 4.69) is 4.98 Å². The average molecular weight is 315 g/mol. The molecule has 0 fully saturated rings. The maximum Gasteiger partial charge on any atom is 0.411 e. The molecule has 2 rings (SSSR count). The number of hydrogen-bond donors (Lipinski definition) is 1. The Bertz CT molecular complexity index is 711. The molecular formula is C17H21N3O3. The van der Waals surface area contributed by atoms with Crippen molar-refractivity contribution in [2.45, 2.75) is 20.8 Å². The molecule has 2 aromatic rings. The maximum atomic E-state index is 12.4. The number of nitrogens with zero attached hydrogens (tertiary/aromatic N) is 3. The van der Waals surface area contributed by atoms with Gasteiger partial charge in [0.2, 0.25) is 5.78 Å². The number of aromatic nitrogens is 2. The van der Waals surface area contributed by atoms with Gasteiger partial charge in [-0.15, -0.1) is 0 Å². The fraction of sp³-hybridized carbons (Fsp3) is 0.353. The van der Waals surface area contributed by atoms with E-state index in [4.69, 9.17) is 0 Å². The Morgan fingerprint density at radius 3 is 2.26 bits per heavy atom. The first-order valence-corrected chi connectivity index (χ1v) is 7.30. The van der Waals surface area contributed by atoms with E-state index in [1.54, 1.807) is 42.2 Å². The Kier molecular flexibility index (Phi) is 4.54. The molecular weight excluding hydrogens is 294 g/mol. The van der Waals surface area contributed by atoms with Gasteiger partial charge in [0, 0.05) is 24.8 Å². The molecule has 0 saturated heterocycles. The molecule has 1 amide bonds. The van der Waals surface area contributed by atoms with E-state index < -0.39 is 6.09 Å². The number of anilines is 1. The van der Waals surface area contributed by atoms with E-state index in [-0.39, 0.29) is 11.2 Å². The van der Waals surface area contributed by atoms with Crippen LogP contribution in [-0.4, -0.2) is 33.1 Å². The molecule has 0 atom stereocenters. The molecule has 0 unspecified atom stereocenters. The first kappa shape index (κ1) is 16.7. The minimum absolute atomic E-state index is 0.144. The van der Waals surface area contributed by atoms with Crippen LogP contribution in [0.25, 0.3) is 0 Å². The van der Waals surface area contributed by atoms with Crippen molar-refractivity contribution < 1.29 is 14.7 Å². The topological polar surface area (TPSA) is 75.4 Å². The van der Waals surface area contributed by atoms with Gasteiger partial charge >= 0.3 is 6.09 Å². The molecule has 0 aliphatic heterocycles. The van der Waals surface area contributed by atoms with Crippen LogP contribution in [0.4, 0.5) is 10.5 Å². The van der Waals surface area contributed by atoms with Crippen LogP contribution < -0.4 is 4.90 Å². The predicted octanol–water partition coefficient (Wildman–Crippen LogP) is 3.18. The summed E-state index contributed by atoms with van der Waals surface area (Å²) in [6, 6.07) is 6.60. The van der Waals surface area contributed by atoms with Crippen molar-refractivity contribution in [3.8, 4) is 0 Å². The molecule has 23 heavy (non-hydrogen) atoms. The first-order chi connectivity index (χ1) is 10.7. The van der Waals surface area contributed by atoms with Crippen LogP contribution >= 0.6 is 0 Å². The second-order valence-corrected chi connectivity index (χ2v) is 6.70. The smallest absolute Gasteiger partial charge is 0.411 e. The van der Waals surface area contributed by atoms with Gasteiger partial charge in [0.1, 0.15) is 5.69 Å². The van der Waals surface area contributed by atoms with Crippen LogP contribution in [0, 0.1) is 5.41 Å². The summed E-state index contributed by atoms with van der Waals surface area (Å²) in [5.74, 6) is -0.144. The first-order valence-electron chi connectivity index (χ1n) is 7.30. The van der Waals surface area contributed by atoms with Gasteiger partial charge in [-0.1, -0.05) is 20.8 Å². The van der Waals surface area contributed by atoms with Crippen LogP contribution in [0.5, 0.6) is 0 Å². The number of hydrogen-bond acceptors (Lipinski definition) is 3. The summed E-state index contributed by atoms with van der Waals surface area (Å²) in [5, 5.41) is 9.40. The predicted molar refractivity (Wildman–Crippen MR) is 87.9 cm³/mol. The normalized spacial score (nSPS) is 11.3. The minimum Gasteiger partial charge on any atom is -0.465 e. The Balaban J connectivity index is 2.26. The van der Waals surface area contributed by atoms with Crippen molar-refractivity contribution >= 4 is 17.6 Å². The van der Waals surface area contributed by atoms with E-state index >= 15 is 0 Å². The number of carboxylic acid groups (broad SMARTS) is 1. The lowest BCUT2D eigenvalue weighted by Crippen LogP contribution is -2.36.